The van der Waals surface area contributed by atoms with Crippen LogP contribution in [0, 0.1) is 0 Å². The fourth-order valence-corrected chi connectivity index (χ4v) is 1.14. The largest absolute Gasteiger partial charge is 0.387 e. The van der Waals surface area contributed by atoms with E-state index in [0.717, 1.165) is 13.0 Å². The van der Waals surface area contributed by atoms with Crippen molar-refractivity contribution in [1.82, 2.24) is 15.0 Å². The fraction of sp³-hybridized carbons (Fsp3) is 0.778. The first-order valence-corrected chi connectivity index (χ1v) is 4.82. The average molecular weight is 183 g/mol. The number of aromatic nitrogens is 3. The lowest BCUT2D eigenvalue weighted by atomic mass is 10.2. The minimum absolute atomic E-state index is 0.514. The second-order valence-corrected chi connectivity index (χ2v) is 3.29. The number of aliphatic hydroxyl groups is 1. The minimum Gasteiger partial charge on any atom is -0.387 e. The Kier molecular flexibility index (Phi) is 3.89. The first kappa shape index (κ1) is 10.2. The molecule has 0 aliphatic heterocycles. The van der Waals surface area contributed by atoms with E-state index in [9.17, 15) is 5.11 Å². The predicted octanol–water partition coefficient (Wildman–Crippen LogP) is 1.52. The van der Waals surface area contributed by atoms with Crippen LogP contribution in [0.25, 0.3) is 0 Å². The van der Waals surface area contributed by atoms with Crippen molar-refractivity contribution in [3.05, 3.63) is 11.9 Å². The number of unbranched alkanes of at least 4 members (excludes halogenated alkanes) is 2. The van der Waals surface area contributed by atoms with Crippen molar-refractivity contribution in [2.24, 2.45) is 0 Å². The molecule has 1 N–H and O–H groups in total. The minimum atomic E-state index is -0.514. The van der Waals surface area contributed by atoms with Crippen LogP contribution in [0.3, 0.4) is 0 Å². The van der Waals surface area contributed by atoms with Crippen molar-refractivity contribution in [1.29, 1.82) is 0 Å². The van der Waals surface area contributed by atoms with Crippen LogP contribution in [0.5, 0.6) is 0 Å². The SMILES string of the molecule is CCCCCn1cc(C(C)O)nn1. The number of rotatable bonds is 5. The number of hydrogen-bond donors (Lipinski definition) is 1. The highest BCUT2D eigenvalue weighted by Gasteiger charge is 2.05. The van der Waals surface area contributed by atoms with E-state index in [0.29, 0.717) is 5.69 Å². The van der Waals surface area contributed by atoms with Crippen LogP contribution in [0.15, 0.2) is 6.20 Å². The van der Waals surface area contributed by atoms with Crippen LogP contribution < -0.4 is 0 Å². The summed E-state index contributed by atoms with van der Waals surface area (Å²) in [5.74, 6) is 0. The van der Waals surface area contributed by atoms with Gasteiger partial charge in [0.2, 0.25) is 0 Å². The van der Waals surface area contributed by atoms with Crippen LogP contribution in [-0.4, -0.2) is 20.1 Å². The van der Waals surface area contributed by atoms with E-state index >= 15 is 0 Å². The van der Waals surface area contributed by atoms with Crippen molar-refractivity contribution < 1.29 is 5.11 Å². The molecule has 0 saturated heterocycles. The maximum absolute atomic E-state index is 9.19. The molecule has 1 aromatic heterocycles. The van der Waals surface area contributed by atoms with Crippen molar-refractivity contribution >= 4 is 0 Å². The Bertz CT molecular complexity index is 245. The maximum Gasteiger partial charge on any atom is 0.111 e. The molecule has 0 spiro atoms. The first-order valence-electron chi connectivity index (χ1n) is 4.82. The van der Waals surface area contributed by atoms with E-state index in [1.807, 2.05) is 0 Å². The molecule has 1 aromatic rings. The highest BCUT2D eigenvalue weighted by Crippen LogP contribution is 2.07. The molecule has 13 heavy (non-hydrogen) atoms. The van der Waals surface area contributed by atoms with E-state index in [1.54, 1.807) is 17.8 Å². The quantitative estimate of drug-likeness (QED) is 0.704. The monoisotopic (exact) mass is 183 g/mol. The Hall–Kier alpha value is -0.900. The van der Waals surface area contributed by atoms with Crippen molar-refractivity contribution in [2.75, 3.05) is 0 Å². The zero-order valence-corrected chi connectivity index (χ0v) is 8.27. The standard InChI is InChI=1S/C9H17N3O/c1-3-4-5-6-12-7-9(8(2)13)10-11-12/h7-8,13H,3-6H2,1-2H3. The van der Waals surface area contributed by atoms with Gasteiger partial charge in [0.25, 0.3) is 0 Å². The van der Waals surface area contributed by atoms with Crippen molar-refractivity contribution in [3.8, 4) is 0 Å². The molecule has 0 aliphatic rings. The summed E-state index contributed by atoms with van der Waals surface area (Å²) < 4.78 is 1.79. The molecule has 0 aliphatic carbocycles. The number of aliphatic hydroxyl groups excluding tert-OH is 1. The molecule has 0 bridgehead atoms. The predicted molar refractivity (Wildman–Crippen MR) is 50.2 cm³/mol. The van der Waals surface area contributed by atoms with Crippen LogP contribution in [-0.2, 0) is 6.54 Å². The van der Waals surface area contributed by atoms with Gasteiger partial charge in [0.15, 0.2) is 0 Å². The Morgan fingerprint density at radius 1 is 1.54 bits per heavy atom. The van der Waals surface area contributed by atoms with Gasteiger partial charge in [-0.2, -0.15) is 0 Å². The molecule has 4 heteroatoms. The van der Waals surface area contributed by atoms with Crippen molar-refractivity contribution in [3.63, 3.8) is 0 Å². The summed E-state index contributed by atoms with van der Waals surface area (Å²) in [4.78, 5) is 0. The lowest BCUT2D eigenvalue weighted by Gasteiger charge is -1.98. The highest BCUT2D eigenvalue weighted by atomic mass is 16.3. The van der Waals surface area contributed by atoms with Gasteiger partial charge in [0, 0.05) is 6.54 Å². The third-order valence-electron chi connectivity index (χ3n) is 1.98. The van der Waals surface area contributed by atoms with Crippen LogP contribution >= 0.6 is 0 Å². The maximum atomic E-state index is 9.19. The molecule has 1 rings (SSSR count). The summed E-state index contributed by atoms with van der Waals surface area (Å²) >= 11 is 0. The summed E-state index contributed by atoms with van der Waals surface area (Å²) in [6.45, 7) is 4.76. The van der Waals surface area contributed by atoms with Crippen LogP contribution in [0.1, 0.15) is 44.9 Å². The zero-order chi connectivity index (χ0) is 9.68. The lowest BCUT2D eigenvalue weighted by Crippen LogP contribution is -1.98. The Balaban J connectivity index is 2.40. The van der Waals surface area contributed by atoms with E-state index in [-0.39, 0.29) is 0 Å². The van der Waals surface area contributed by atoms with E-state index in [2.05, 4.69) is 17.2 Å². The van der Waals surface area contributed by atoms with Gasteiger partial charge in [-0.25, -0.2) is 0 Å². The molecule has 1 unspecified atom stereocenters. The smallest absolute Gasteiger partial charge is 0.111 e. The molecule has 0 saturated carbocycles. The second-order valence-electron chi connectivity index (χ2n) is 3.29. The first-order chi connectivity index (χ1) is 6.24. The number of nitrogens with zero attached hydrogens (tertiary/aromatic N) is 3. The van der Waals surface area contributed by atoms with Gasteiger partial charge < -0.3 is 5.11 Å². The van der Waals surface area contributed by atoms with Gasteiger partial charge in [-0.1, -0.05) is 25.0 Å². The van der Waals surface area contributed by atoms with Gasteiger partial charge in [-0.15, -0.1) is 5.10 Å². The normalized spacial score (nSPS) is 13.2. The Labute approximate surface area is 78.6 Å². The molecule has 1 heterocycles. The second kappa shape index (κ2) is 4.97. The summed E-state index contributed by atoms with van der Waals surface area (Å²) in [5.41, 5.74) is 0.650. The highest BCUT2D eigenvalue weighted by molar-refractivity contribution is 4.95. The molecular weight excluding hydrogens is 166 g/mol. The van der Waals surface area contributed by atoms with E-state index in [1.165, 1.54) is 12.8 Å². The molecule has 4 nitrogen and oxygen atoms in total. The molecule has 74 valence electrons. The van der Waals surface area contributed by atoms with Crippen LogP contribution in [0.4, 0.5) is 0 Å². The summed E-state index contributed by atoms with van der Waals surface area (Å²) in [5, 5.41) is 17.0. The van der Waals surface area contributed by atoms with E-state index < -0.39 is 6.10 Å². The fourth-order valence-electron chi connectivity index (χ4n) is 1.14. The average Bonchev–Trinajstić information content (AvgIpc) is 2.53. The summed E-state index contributed by atoms with van der Waals surface area (Å²) in [7, 11) is 0. The number of aryl methyl sites for hydroxylation is 1. The lowest BCUT2D eigenvalue weighted by molar-refractivity contribution is 0.194. The number of hydrogen-bond acceptors (Lipinski definition) is 3. The third-order valence-corrected chi connectivity index (χ3v) is 1.98. The molecule has 0 radical (unpaired) electrons. The van der Waals surface area contributed by atoms with Gasteiger partial charge in [-0.05, 0) is 13.3 Å². The zero-order valence-electron chi connectivity index (χ0n) is 8.27. The van der Waals surface area contributed by atoms with Gasteiger partial charge in [0.05, 0.1) is 12.3 Å². The van der Waals surface area contributed by atoms with Crippen molar-refractivity contribution in [2.45, 2.75) is 45.8 Å². The molecule has 0 amide bonds. The molecular formula is C9H17N3O. The summed E-state index contributed by atoms with van der Waals surface area (Å²) in [6.07, 6.45) is 4.83. The Morgan fingerprint density at radius 2 is 2.31 bits per heavy atom. The van der Waals surface area contributed by atoms with Gasteiger partial charge in [0.1, 0.15) is 5.69 Å². The topological polar surface area (TPSA) is 50.9 Å². The van der Waals surface area contributed by atoms with Gasteiger partial charge in [-0.3, -0.25) is 4.68 Å². The van der Waals surface area contributed by atoms with E-state index in [4.69, 9.17) is 0 Å². The molecule has 0 fully saturated rings. The third kappa shape index (κ3) is 3.14. The Morgan fingerprint density at radius 3 is 2.85 bits per heavy atom. The summed E-state index contributed by atoms with van der Waals surface area (Å²) in [6, 6.07) is 0. The van der Waals surface area contributed by atoms with Gasteiger partial charge >= 0.3 is 0 Å². The molecule has 0 aromatic carbocycles. The van der Waals surface area contributed by atoms with Crippen LogP contribution in [0.2, 0.25) is 0 Å². The molecule has 1 atom stereocenters.